The Morgan fingerprint density at radius 2 is 2.11 bits per heavy atom. The van der Waals surface area contributed by atoms with Gasteiger partial charge in [0.05, 0.1) is 0 Å². The second kappa shape index (κ2) is 7.14. The molecule has 1 aromatic carbocycles. The van der Waals surface area contributed by atoms with Crippen molar-refractivity contribution in [3.05, 3.63) is 59.3 Å². The molecule has 27 heavy (non-hydrogen) atoms. The van der Waals surface area contributed by atoms with E-state index in [9.17, 15) is 14.7 Å². The molecule has 0 bridgehead atoms. The number of thioether (sulfide) groups is 1. The number of fused-ring (bicyclic) bond motifs is 1. The van der Waals surface area contributed by atoms with Gasteiger partial charge in [-0.1, -0.05) is 59.6 Å². The van der Waals surface area contributed by atoms with E-state index in [0.717, 1.165) is 5.56 Å². The zero-order chi connectivity index (χ0) is 19.2. The quantitative estimate of drug-likeness (QED) is 0.413. The van der Waals surface area contributed by atoms with Crippen molar-refractivity contribution in [2.45, 2.75) is 28.6 Å². The lowest BCUT2D eigenvalue weighted by Gasteiger charge is -2.49. The number of carboxylic acids is 1. The summed E-state index contributed by atoms with van der Waals surface area (Å²) in [6, 6.07) is 9.35. The van der Waals surface area contributed by atoms with Gasteiger partial charge in [-0.15, -0.1) is 11.8 Å². The number of amides is 1. The van der Waals surface area contributed by atoms with Crippen LogP contribution >= 0.6 is 35.0 Å². The molecule has 0 radical (unpaired) electrons. The smallest absolute Gasteiger partial charge is 0.352 e. The van der Waals surface area contributed by atoms with E-state index in [1.165, 1.54) is 16.7 Å². The number of carbonyl (C=O) groups excluding carboxylic acids is 1. The van der Waals surface area contributed by atoms with Gasteiger partial charge in [-0.05, 0) is 17.2 Å². The molecule has 142 valence electrons. The van der Waals surface area contributed by atoms with E-state index in [1.807, 2.05) is 30.3 Å². The lowest BCUT2D eigenvalue weighted by molar-refractivity contribution is -0.149. The van der Waals surface area contributed by atoms with Crippen LogP contribution in [0.2, 0.25) is 0 Å². The first kappa shape index (κ1) is 18.8. The third-order valence-corrected chi connectivity index (χ3v) is 6.51. The highest BCUT2D eigenvalue weighted by molar-refractivity contribution is 8.00. The molecule has 2 N–H and O–H groups in total. The molecular weight excluding hydrogens is 411 g/mol. The number of halogens is 2. The minimum Gasteiger partial charge on any atom is -0.477 e. The van der Waals surface area contributed by atoms with Gasteiger partial charge in [-0.3, -0.25) is 15.0 Å². The van der Waals surface area contributed by atoms with Crippen LogP contribution in [0.25, 0.3) is 0 Å². The predicted octanol–water partition coefficient (Wildman–Crippen LogP) is 2.49. The molecule has 2 fully saturated rings. The maximum absolute atomic E-state index is 12.6. The Labute approximate surface area is 170 Å². The maximum atomic E-state index is 12.6. The number of β-lactam (4-membered cyclic amide) rings is 1. The molecule has 2 saturated heterocycles. The molecule has 0 spiro atoms. The molecule has 0 aromatic heterocycles. The number of carbonyl (C=O) groups is 2. The van der Waals surface area contributed by atoms with E-state index in [2.05, 4.69) is 5.32 Å². The van der Waals surface area contributed by atoms with Crippen LogP contribution in [0.5, 0.6) is 0 Å². The summed E-state index contributed by atoms with van der Waals surface area (Å²) in [6.45, 7) is 0.549. The van der Waals surface area contributed by atoms with Crippen molar-refractivity contribution < 1.29 is 19.4 Å². The van der Waals surface area contributed by atoms with Crippen molar-refractivity contribution in [2.75, 3.05) is 5.75 Å². The molecule has 0 saturated carbocycles. The highest BCUT2D eigenvalue weighted by Gasteiger charge is 2.54. The molecule has 3 atom stereocenters. The lowest BCUT2D eigenvalue weighted by Crippen LogP contribution is -2.69. The Kier molecular flexibility index (Phi) is 4.98. The van der Waals surface area contributed by atoms with Crippen LogP contribution in [-0.2, 0) is 20.9 Å². The normalized spacial score (nSPS) is 28.9. The second-order valence-corrected chi connectivity index (χ2v) is 8.81. The zero-order valence-corrected chi connectivity index (χ0v) is 16.3. The average molecular weight is 427 g/mol. The average Bonchev–Trinajstić information content (AvgIpc) is 3.26. The highest BCUT2D eigenvalue weighted by atomic mass is 35.5. The summed E-state index contributed by atoms with van der Waals surface area (Å²) >= 11 is 13.1. The molecule has 0 aliphatic carbocycles. The summed E-state index contributed by atoms with van der Waals surface area (Å²) in [4.78, 5) is 25.7. The van der Waals surface area contributed by atoms with Gasteiger partial charge in [0.2, 0.25) is 10.4 Å². The second-order valence-electron chi connectivity index (χ2n) is 6.39. The van der Waals surface area contributed by atoms with Crippen LogP contribution in [0.3, 0.4) is 0 Å². The number of benzene rings is 1. The van der Waals surface area contributed by atoms with E-state index in [-0.39, 0.29) is 17.0 Å². The minimum atomic E-state index is -1.25. The van der Waals surface area contributed by atoms with Crippen molar-refractivity contribution in [3.63, 3.8) is 0 Å². The van der Waals surface area contributed by atoms with Gasteiger partial charge in [0.15, 0.2) is 0 Å². The number of rotatable bonds is 6. The minimum absolute atomic E-state index is 0.00755. The van der Waals surface area contributed by atoms with Gasteiger partial charge in [0, 0.05) is 12.3 Å². The Morgan fingerprint density at radius 1 is 1.41 bits per heavy atom. The Bertz CT molecular complexity index is 843. The van der Waals surface area contributed by atoms with Crippen LogP contribution in [0.15, 0.2) is 53.8 Å². The van der Waals surface area contributed by atoms with Gasteiger partial charge in [-0.2, -0.15) is 0 Å². The summed E-state index contributed by atoms with van der Waals surface area (Å²) in [5, 5.41) is 12.6. The lowest BCUT2D eigenvalue weighted by atomic mass is 10.0. The van der Waals surface area contributed by atoms with Gasteiger partial charge in [0.25, 0.3) is 0 Å². The van der Waals surface area contributed by atoms with Gasteiger partial charge in [0.1, 0.15) is 23.2 Å². The fourth-order valence-electron chi connectivity index (χ4n) is 3.14. The van der Waals surface area contributed by atoms with Crippen LogP contribution < -0.4 is 5.32 Å². The fourth-order valence-corrected chi connectivity index (χ4v) is 4.82. The van der Waals surface area contributed by atoms with Gasteiger partial charge < -0.3 is 9.84 Å². The third-order valence-electron chi connectivity index (χ3n) is 4.60. The van der Waals surface area contributed by atoms with Gasteiger partial charge in [-0.25, -0.2) is 4.79 Å². The van der Waals surface area contributed by atoms with Crippen molar-refractivity contribution in [1.29, 1.82) is 0 Å². The van der Waals surface area contributed by atoms with E-state index in [0.29, 0.717) is 17.9 Å². The van der Waals surface area contributed by atoms with E-state index in [4.69, 9.17) is 27.9 Å². The predicted molar refractivity (Wildman–Crippen MR) is 103 cm³/mol. The van der Waals surface area contributed by atoms with Crippen molar-refractivity contribution in [2.24, 2.45) is 0 Å². The molecule has 3 heterocycles. The Hall–Kier alpha value is -1.51. The summed E-state index contributed by atoms with van der Waals surface area (Å²) < 4.78 is 3.80. The highest BCUT2D eigenvalue weighted by Crippen LogP contribution is 2.46. The molecule has 1 aromatic rings. The standard InChI is InChI=1S/C18H16Cl2N2O4S/c19-18(20)12(26-18)7-6-11-9-27-16-13(15(23)22(16)14(11)17(24)25)21-8-10-4-2-1-3-5-10/h1-7,12-13,16,21H,8-9H2,(H,24,25)/b7-6+. The molecule has 3 unspecified atom stereocenters. The molecular formula is C18H16Cl2N2O4S. The van der Waals surface area contributed by atoms with Gasteiger partial charge >= 0.3 is 5.97 Å². The maximum Gasteiger partial charge on any atom is 0.352 e. The van der Waals surface area contributed by atoms with Crippen molar-refractivity contribution >= 4 is 46.8 Å². The summed E-state index contributed by atoms with van der Waals surface area (Å²) in [7, 11) is 0. The molecule has 1 amide bonds. The van der Waals surface area contributed by atoms with Crippen LogP contribution in [0.1, 0.15) is 5.56 Å². The van der Waals surface area contributed by atoms with Crippen molar-refractivity contribution in [3.8, 4) is 0 Å². The Balaban J connectivity index is 1.47. The van der Waals surface area contributed by atoms with Crippen LogP contribution in [0, 0.1) is 0 Å². The number of nitrogens with one attached hydrogen (secondary N) is 1. The largest absolute Gasteiger partial charge is 0.477 e. The molecule has 3 aliphatic rings. The zero-order valence-electron chi connectivity index (χ0n) is 14.0. The number of ether oxygens (including phenoxy) is 1. The third kappa shape index (κ3) is 3.62. The van der Waals surface area contributed by atoms with Crippen molar-refractivity contribution in [1.82, 2.24) is 10.2 Å². The monoisotopic (exact) mass is 426 g/mol. The Morgan fingerprint density at radius 3 is 2.74 bits per heavy atom. The number of carboxylic acid groups (broad SMARTS) is 1. The number of hydrogen-bond donors (Lipinski definition) is 2. The SMILES string of the molecule is O=C(O)C1=C(/C=C/C2OC2(Cl)Cl)CSC2C(NCc3ccccc3)C(=O)N12. The molecule has 3 aliphatic heterocycles. The first-order valence-electron chi connectivity index (χ1n) is 8.31. The molecule has 4 rings (SSSR count). The number of aliphatic carboxylic acids is 1. The van der Waals surface area contributed by atoms with Crippen LogP contribution in [0.4, 0.5) is 0 Å². The summed E-state index contributed by atoms with van der Waals surface area (Å²) in [5.41, 5.74) is 1.61. The van der Waals surface area contributed by atoms with E-state index < -0.39 is 22.6 Å². The number of hydrogen-bond acceptors (Lipinski definition) is 5. The molecule has 9 heteroatoms. The molecule has 6 nitrogen and oxygen atoms in total. The summed E-state index contributed by atoms with van der Waals surface area (Å²) in [6.07, 6.45) is 2.77. The fraction of sp³-hybridized carbons (Fsp3) is 0.333. The van der Waals surface area contributed by atoms with E-state index >= 15 is 0 Å². The number of epoxide rings is 1. The number of alkyl halides is 2. The van der Waals surface area contributed by atoms with Crippen LogP contribution in [-0.4, -0.2) is 49.7 Å². The number of nitrogens with zero attached hydrogens (tertiary/aromatic N) is 1. The first-order chi connectivity index (χ1) is 12.9. The van der Waals surface area contributed by atoms with E-state index in [1.54, 1.807) is 12.2 Å². The first-order valence-corrected chi connectivity index (χ1v) is 10.1. The topological polar surface area (TPSA) is 82.2 Å². The number of allylic oxidation sites excluding steroid dienone is 1. The summed E-state index contributed by atoms with van der Waals surface area (Å²) in [5.74, 6) is -0.895.